The molecule has 0 saturated carbocycles. The predicted octanol–water partition coefficient (Wildman–Crippen LogP) is 2.09. The lowest BCUT2D eigenvalue weighted by atomic mass is 10.2. The van der Waals surface area contributed by atoms with Gasteiger partial charge in [0.1, 0.15) is 5.69 Å². The van der Waals surface area contributed by atoms with Gasteiger partial charge in [0.05, 0.1) is 11.6 Å². The molecule has 0 amide bonds. The molecule has 1 N–H and O–H groups in total. The van der Waals surface area contributed by atoms with Gasteiger partial charge in [0.15, 0.2) is 0 Å². The summed E-state index contributed by atoms with van der Waals surface area (Å²) in [6.45, 7) is 5.27. The van der Waals surface area contributed by atoms with Crippen molar-refractivity contribution in [3.63, 3.8) is 0 Å². The maximum atomic E-state index is 11.0. The van der Waals surface area contributed by atoms with Gasteiger partial charge in [-0.25, -0.2) is 4.79 Å². The van der Waals surface area contributed by atoms with E-state index in [1.165, 1.54) is 0 Å². The monoisotopic (exact) mass is 222 g/mol. The predicted molar refractivity (Wildman–Crippen MR) is 57.6 cm³/mol. The molecule has 86 valence electrons. The first-order chi connectivity index (χ1) is 7.61. The van der Waals surface area contributed by atoms with Gasteiger partial charge in [0.2, 0.25) is 0 Å². The molecule has 0 radical (unpaired) electrons. The van der Waals surface area contributed by atoms with Crippen LogP contribution in [-0.2, 0) is 9.63 Å². The third-order valence-corrected chi connectivity index (χ3v) is 1.80. The minimum Gasteiger partial charge on any atom is -0.325 e. The van der Waals surface area contributed by atoms with Gasteiger partial charge in [-0.1, -0.05) is 13.8 Å². The number of rotatable bonds is 4. The van der Waals surface area contributed by atoms with Gasteiger partial charge in [0.25, 0.3) is 0 Å². The molecular formula is C10H14N4O2. The first-order valence-electron chi connectivity index (χ1n) is 4.89. The van der Waals surface area contributed by atoms with Gasteiger partial charge in [-0.05, 0) is 24.3 Å². The van der Waals surface area contributed by atoms with E-state index in [0.29, 0.717) is 5.69 Å². The summed E-state index contributed by atoms with van der Waals surface area (Å²) in [7, 11) is 0. The van der Waals surface area contributed by atoms with Crippen LogP contribution < -0.4 is 5.59 Å². The largest absolute Gasteiger partial charge is 0.336 e. The fourth-order valence-corrected chi connectivity index (χ4v) is 0.839. The highest BCUT2D eigenvalue weighted by molar-refractivity contribution is 5.71. The van der Waals surface area contributed by atoms with Crippen LogP contribution in [0.15, 0.2) is 28.7 Å². The molecule has 1 rings (SSSR count). The summed E-state index contributed by atoms with van der Waals surface area (Å²) in [6.07, 6.45) is 1.67. The van der Waals surface area contributed by atoms with Crippen molar-refractivity contribution < 1.29 is 9.63 Å². The molecule has 0 aliphatic rings. The topological polar surface area (TPSA) is 75.9 Å². The minimum atomic E-state index is -0.387. The number of pyridine rings is 1. The average molecular weight is 222 g/mol. The molecule has 1 heterocycles. The van der Waals surface area contributed by atoms with Crippen LogP contribution in [0.4, 0.5) is 5.69 Å². The summed E-state index contributed by atoms with van der Waals surface area (Å²) in [4.78, 5) is 19.6. The molecule has 6 nitrogen and oxygen atoms in total. The smallest absolute Gasteiger partial charge is 0.325 e. The molecule has 0 aliphatic heterocycles. The van der Waals surface area contributed by atoms with E-state index in [1.807, 2.05) is 6.92 Å². The molecule has 16 heavy (non-hydrogen) atoms. The Labute approximate surface area is 93.7 Å². The van der Waals surface area contributed by atoms with Crippen LogP contribution in [0.3, 0.4) is 0 Å². The highest BCUT2D eigenvalue weighted by atomic mass is 16.7. The standard InChI is InChI=1S/C10H14N4O2/c1-7(2)10(15)16-14-13-12-9-5-4-6-11-8(9)3/h4-7H,1-3H3,(H,12,14). The van der Waals surface area contributed by atoms with E-state index >= 15 is 0 Å². The summed E-state index contributed by atoms with van der Waals surface area (Å²) >= 11 is 0. The lowest BCUT2D eigenvalue weighted by Crippen LogP contribution is -2.18. The van der Waals surface area contributed by atoms with Gasteiger partial charge in [-0.3, -0.25) is 4.98 Å². The van der Waals surface area contributed by atoms with Crippen LogP contribution in [0.25, 0.3) is 0 Å². The Morgan fingerprint density at radius 2 is 2.31 bits per heavy atom. The van der Waals surface area contributed by atoms with Crippen LogP contribution in [0.5, 0.6) is 0 Å². The van der Waals surface area contributed by atoms with Crippen LogP contribution >= 0.6 is 0 Å². The van der Waals surface area contributed by atoms with Crippen molar-refractivity contribution in [1.82, 2.24) is 10.6 Å². The zero-order valence-corrected chi connectivity index (χ0v) is 9.47. The number of nitrogens with one attached hydrogen (secondary N) is 1. The number of carbonyl (C=O) groups excluding carboxylic acids is 1. The van der Waals surface area contributed by atoms with Crippen LogP contribution in [0.1, 0.15) is 19.5 Å². The Balaban J connectivity index is 2.44. The van der Waals surface area contributed by atoms with Crippen molar-refractivity contribution in [2.75, 3.05) is 0 Å². The molecule has 0 atom stereocenters. The van der Waals surface area contributed by atoms with E-state index in [0.717, 1.165) is 5.69 Å². The Kier molecular flexibility index (Phi) is 4.38. The van der Waals surface area contributed by atoms with E-state index in [-0.39, 0.29) is 11.9 Å². The molecule has 0 aromatic carbocycles. The Morgan fingerprint density at radius 1 is 1.56 bits per heavy atom. The van der Waals surface area contributed by atoms with Crippen molar-refractivity contribution in [2.45, 2.75) is 20.8 Å². The normalized spacial score (nSPS) is 10.8. The van der Waals surface area contributed by atoms with Crippen molar-refractivity contribution in [2.24, 2.45) is 16.3 Å². The molecule has 6 heteroatoms. The lowest BCUT2D eigenvalue weighted by molar-refractivity contribution is -0.155. The van der Waals surface area contributed by atoms with Gasteiger partial charge < -0.3 is 4.84 Å². The highest BCUT2D eigenvalue weighted by Gasteiger charge is 2.07. The maximum Gasteiger partial charge on any atom is 0.336 e. The van der Waals surface area contributed by atoms with Crippen molar-refractivity contribution in [3.8, 4) is 0 Å². The molecule has 0 fully saturated rings. The molecule has 0 aliphatic carbocycles. The zero-order valence-electron chi connectivity index (χ0n) is 9.47. The fraction of sp³-hybridized carbons (Fsp3) is 0.400. The Hall–Kier alpha value is -1.98. The molecule has 1 aromatic rings. The number of hydrogen-bond acceptors (Lipinski definition) is 5. The Morgan fingerprint density at radius 3 is 2.94 bits per heavy atom. The van der Waals surface area contributed by atoms with Gasteiger partial charge in [0, 0.05) is 6.20 Å². The summed E-state index contributed by atoms with van der Waals surface area (Å²) in [5.41, 5.74) is 3.50. The van der Waals surface area contributed by atoms with Crippen LogP contribution in [0, 0.1) is 12.8 Å². The first-order valence-corrected chi connectivity index (χ1v) is 4.89. The van der Waals surface area contributed by atoms with Gasteiger partial charge >= 0.3 is 5.97 Å². The van der Waals surface area contributed by atoms with Crippen molar-refractivity contribution in [3.05, 3.63) is 24.0 Å². The average Bonchev–Trinajstić information content (AvgIpc) is 2.26. The summed E-state index contributed by atoms with van der Waals surface area (Å²) in [6, 6.07) is 3.51. The second-order valence-corrected chi connectivity index (χ2v) is 3.48. The lowest BCUT2D eigenvalue weighted by Gasteiger charge is -2.02. The van der Waals surface area contributed by atoms with E-state index < -0.39 is 0 Å². The van der Waals surface area contributed by atoms with Crippen molar-refractivity contribution in [1.29, 1.82) is 0 Å². The second-order valence-electron chi connectivity index (χ2n) is 3.48. The van der Waals surface area contributed by atoms with E-state index in [2.05, 4.69) is 25.7 Å². The maximum absolute atomic E-state index is 11.0. The summed E-state index contributed by atoms with van der Waals surface area (Å²) in [5.74, 6) is -0.593. The van der Waals surface area contributed by atoms with Crippen molar-refractivity contribution >= 4 is 11.7 Å². The number of hydrogen-bond donors (Lipinski definition) is 1. The Bertz CT molecular complexity index is 390. The number of nitrogens with zero attached hydrogens (tertiary/aromatic N) is 3. The third-order valence-electron chi connectivity index (χ3n) is 1.80. The minimum absolute atomic E-state index is 0.206. The number of aromatic nitrogens is 1. The quantitative estimate of drug-likeness (QED) is 0.625. The number of carbonyl (C=O) groups is 1. The summed E-state index contributed by atoms with van der Waals surface area (Å²) < 4.78 is 0. The highest BCUT2D eigenvalue weighted by Crippen LogP contribution is 2.14. The number of aryl methyl sites for hydroxylation is 1. The fourth-order valence-electron chi connectivity index (χ4n) is 0.839. The van der Waals surface area contributed by atoms with E-state index in [9.17, 15) is 4.79 Å². The SMILES string of the molecule is Cc1ncccc1N=NNOC(=O)C(C)C. The molecular weight excluding hydrogens is 208 g/mol. The molecule has 1 aromatic heterocycles. The molecule has 0 unspecified atom stereocenters. The van der Waals surface area contributed by atoms with Gasteiger partial charge in [-0.15, -0.1) is 10.7 Å². The van der Waals surface area contributed by atoms with Crippen LogP contribution in [-0.4, -0.2) is 11.0 Å². The van der Waals surface area contributed by atoms with Gasteiger partial charge in [-0.2, -0.15) is 0 Å². The molecule has 0 saturated heterocycles. The first kappa shape index (κ1) is 12.1. The van der Waals surface area contributed by atoms with E-state index in [1.54, 1.807) is 32.2 Å². The van der Waals surface area contributed by atoms with Crippen LogP contribution in [0.2, 0.25) is 0 Å². The van der Waals surface area contributed by atoms with E-state index in [4.69, 9.17) is 0 Å². The second kappa shape index (κ2) is 5.79. The molecule has 0 bridgehead atoms. The third kappa shape index (κ3) is 3.64. The zero-order chi connectivity index (χ0) is 12.0. The molecule has 0 spiro atoms. The summed E-state index contributed by atoms with van der Waals surface area (Å²) in [5, 5.41) is 7.33.